The molecule has 3 rings (SSSR count). The van der Waals surface area contributed by atoms with E-state index in [-0.39, 0.29) is 0 Å². The fraction of sp³-hybridized carbons (Fsp3) is 0.400. The first-order valence-electron chi connectivity index (χ1n) is 6.92. The third kappa shape index (κ3) is 2.87. The number of fused-ring (bicyclic) bond motifs is 1. The molecular weight excluding hydrogens is 254 g/mol. The van der Waals surface area contributed by atoms with Gasteiger partial charge in [0, 0.05) is 50.6 Å². The van der Waals surface area contributed by atoms with E-state index in [0.717, 1.165) is 49.0 Å². The van der Waals surface area contributed by atoms with E-state index in [9.17, 15) is 0 Å². The summed E-state index contributed by atoms with van der Waals surface area (Å²) in [4.78, 5) is 4.31. The number of aryl methyl sites for hydroxylation is 1. The van der Waals surface area contributed by atoms with Gasteiger partial charge in [-0.25, -0.2) is 4.98 Å². The van der Waals surface area contributed by atoms with Crippen LogP contribution in [0, 0.1) is 0 Å². The predicted molar refractivity (Wildman–Crippen MR) is 77.5 cm³/mol. The Balaban J connectivity index is 1.60. The molecule has 1 aliphatic rings. The standard InChI is InChI=1S/C15H19N3O2/c1-18-8-7-17-15(18)5-6-16-12-3-4-13-14(11-12)20-10-2-9-19-13/h3-4,7-8,11,16H,2,5-6,9-10H2,1H3. The monoisotopic (exact) mass is 273 g/mol. The number of imidazole rings is 1. The molecule has 0 saturated carbocycles. The summed E-state index contributed by atoms with van der Waals surface area (Å²) in [5.74, 6) is 2.73. The number of nitrogens with one attached hydrogen (secondary N) is 1. The van der Waals surface area contributed by atoms with E-state index in [1.165, 1.54) is 0 Å². The molecule has 1 aromatic heterocycles. The molecule has 0 radical (unpaired) electrons. The van der Waals surface area contributed by atoms with E-state index in [2.05, 4.69) is 10.3 Å². The van der Waals surface area contributed by atoms with Gasteiger partial charge in [0.2, 0.25) is 0 Å². The lowest BCUT2D eigenvalue weighted by Crippen LogP contribution is -2.08. The molecular formula is C15H19N3O2. The molecule has 0 bridgehead atoms. The summed E-state index contributed by atoms with van der Waals surface area (Å²) in [6.45, 7) is 2.27. The van der Waals surface area contributed by atoms with Crippen LogP contribution in [0.2, 0.25) is 0 Å². The van der Waals surface area contributed by atoms with Crippen LogP contribution in [0.25, 0.3) is 0 Å². The molecule has 1 aliphatic heterocycles. The maximum absolute atomic E-state index is 5.68. The Morgan fingerprint density at radius 3 is 2.90 bits per heavy atom. The largest absolute Gasteiger partial charge is 0.490 e. The van der Waals surface area contributed by atoms with Gasteiger partial charge in [-0.2, -0.15) is 0 Å². The SMILES string of the molecule is Cn1ccnc1CCNc1ccc2c(c1)OCCCO2. The molecule has 0 amide bonds. The zero-order valence-corrected chi connectivity index (χ0v) is 11.6. The molecule has 20 heavy (non-hydrogen) atoms. The van der Waals surface area contributed by atoms with Gasteiger partial charge < -0.3 is 19.4 Å². The first kappa shape index (κ1) is 12.8. The van der Waals surface area contributed by atoms with Crippen LogP contribution in [0.4, 0.5) is 5.69 Å². The molecule has 0 saturated heterocycles. The van der Waals surface area contributed by atoms with Crippen LogP contribution in [0.5, 0.6) is 11.5 Å². The fourth-order valence-electron chi connectivity index (χ4n) is 2.23. The highest BCUT2D eigenvalue weighted by molar-refractivity contribution is 5.55. The van der Waals surface area contributed by atoms with Gasteiger partial charge in [-0.1, -0.05) is 0 Å². The third-order valence-electron chi connectivity index (χ3n) is 3.35. The van der Waals surface area contributed by atoms with E-state index < -0.39 is 0 Å². The van der Waals surface area contributed by atoms with Crippen molar-refractivity contribution in [1.29, 1.82) is 0 Å². The van der Waals surface area contributed by atoms with Crippen LogP contribution in [0.3, 0.4) is 0 Å². The summed E-state index contributed by atoms with van der Waals surface area (Å²) in [5.41, 5.74) is 1.04. The fourth-order valence-corrected chi connectivity index (χ4v) is 2.23. The maximum Gasteiger partial charge on any atom is 0.163 e. The molecule has 0 spiro atoms. The number of hydrogen-bond donors (Lipinski definition) is 1. The lowest BCUT2D eigenvalue weighted by molar-refractivity contribution is 0.297. The zero-order chi connectivity index (χ0) is 13.8. The Labute approximate surface area is 118 Å². The molecule has 0 unspecified atom stereocenters. The summed E-state index contributed by atoms with van der Waals surface area (Å²) in [6, 6.07) is 5.98. The highest BCUT2D eigenvalue weighted by Gasteiger charge is 2.10. The second kappa shape index (κ2) is 5.86. The number of nitrogens with zero attached hydrogens (tertiary/aromatic N) is 2. The van der Waals surface area contributed by atoms with Crippen molar-refractivity contribution >= 4 is 5.69 Å². The molecule has 2 heterocycles. The van der Waals surface area contributed by atoms with Crippen molar-refractivity contribution < 1.29 is 9.47 Å². The van der Waals surface area contributed by atoms with Gasteiger partial charge in [0.1, 0.15) is 5.82 Å². The van der Waals surface area contributed by atoms with Crippen LogP contribution in [0.1, 0.15) is 12.2 Å². The summed E-state index contributed by atoms with van der Waals surface area (Å²) in [6.07, 6.45) is 5.60. The topological polar surface area (TPSA) is 48.3 Å². The Kier molecular flexibility index (Phi) is 3.76. The van der Waals surface area contributed by atoms with Crippen molar-refractivity contribution in [2.24, 2.45) is 7.05 Å². The second-order valence-corrected chi connectivity index (χ2v) is 4.84. The molecule has 1 N–H and O–H groups in total. The first-order chi connectivity index (χ1) is 9.83. The van der Waals surface area contributed by atoms with E-state index >= 15 is 0 Å². The third-order valence-corrected chi connectivity index (χ3v) is 3.35. The molecule has 0 aliphatic carbocycles. The minimum Gasteiger partial charge on any atom is -0.490 e. The predicted octanol–water partition coefficient (Wildman–Crippen LogP) is 2.24. The Morgan fingerprint density at radius 1 is 1.25 bits per heavy atom. The van der Waals surface area contributed by atoms with Crippen molar-refractivity contribution in [2.75, 3.05) is 25.1 Å². The van der Waals surface area contributed by atoms with E-state index in [4.69, 9.17) is 9.47 Å². The van der Waals surface area contributed by atoms with Crippen LogP contribution < -0.4 is 14.8 Å². The van der Waals surface area contributed by atoms with Crippen molar-refractivity contribution in [3.8, 4) is 11.5 Å². The van der Waals surface area contributed by atoms with Crippen LogP contribution in [-0.4, -0.2) is 29.3 Å². The molecule has 1 aromatic carbocycles. The molecule has 2 aromatic rings. The van der Waals surface area contributed by atoms with Gasteiger partial charge in [0.15, 0.2) is 11.5 Å². The van der Waals surface area contributed by atoms with Crippen molar-refractivity contribution in [3.63, 3.8) is 0 Å². The Hall–Kier alpha value is -2.17. The van der Waals surface area contributed by atoms with Crippen LogP contribution >= 0.6 is 0 Å². The quantitative estimate of drug-likeness (QED) is 0.928. The Morgan fingerprint density at radius 2 is 2.10 bits per heavy atom. The Bertz CT molecular complexity index is 580. The smallest absolute Gasteiger partial charge is 0.163 e. The van der Waals surface area contributed by atoms with Gasteiger partial charge in [-0.05, 0) is 12.1 Å². The number of hydrogen-bond acceptors (Lipinski definition) is 4. The molecule has 5 nitrogen and oxygen atoms in total. The number of benzene rings is 1. The minimum absolute atomic E-state index is 0.712. The first-order valence-corrected chi connectivity index (χ1v) is 6.92. The summed E-state index contributed by atoms with van der Waals surface area (Å²) < 4.78 is 13.3. The summed E-state index contributed by atoms with van der Waals surface area (Å²) in [5, 5.41) is 3.39. The average molecular weight is 273 g/mol. The highest BCUT2D eigenvalue weighted by Crippen LogP contribution is 2.32. The minimum atomic E-state index is 0.712. The van der Waals surface area contributed by atoms with Gasteiger partial charge in [-0.3, -0.25) is 0 Å². The maximum atomic E-state index is 5.68. The molecule has 0 fully saturated rings. The van der Waals surface area contributed by atoms with E-state index in [1.54, 1.807) is 0 Å². The highest BCUT2D eigenvalue weighted by atomic mass is 16.5. The van der Waals surface area contributed by atoms with Crippen LogP contribution in [-0.2, 0) is 13.5 Å². The second-order valence-electron chi connectivity index (χ2n) is 4.84. The van der Waals surface area contributed by atoms with Crippen molar-refractivity contribution in [2.45, 2.75) is 12.8 Å². The average Bonchev–Trinajstić information content (AvgIpc) is 2.73. The van der Waals surface area contributed by atoms with Gasteiger partial charge in [-0.15, -0.1) is 0 Å². The molecule has 0 atom stereocenters. The number of aromatic nitrogens is 2. The molecule has 106 valence electrons. The van der Waals surface area contributed by atoms with Gasteiger partial charge in [0.05, 0.1) is 13.2 Å². The number of rotatable bonds is 4. The zero-order valence-electron chi connectivity index (χ0n) is 11.6. The molecule has 5 heteroatoms. The van der Waals surface area contributed by atoms with Gasteiger partial charge in [0.25, 0.3) is 0 Å². The van der Waals surface area contributed by atoms with Crippen molar-refractivity contribution in [1.82, 2.24) is 9.55 Å². The number of anilines is 1. The lowest BCUT2D eigenvalue weighted by Gasteiger charge is -2.11. The van der Waals surface area contributed by atoms with E-state index in [0.29, 0.717) is 6.61 Å². The van der Waals surface area contributed by atoms with E-state index in [1.807, 2.05) is 42.2 Å². The van der Waals surface area contributed by atoms with Crippen molar-refractivity contribution in [3.05, 3.63) is 36.4 Å². The lowest BCUT2D eigenvalue weighted by atomic mass is 10.2. The normalized spacial score (nSPS) is 13.8. The van der Waals surface area contributed by atoms with Crippen LogP contribution in [0.15, 0.2) is 30.6 Å². The van der Waals surface area contributed by atoms with Gasteiger partial charge >= 0.3 is 0 Å². The summed E-state index contributed by atoms with van der Waals surface area (Å²) in [7, 11) is 2.01. The summed E-state index contributed by atoms with van der Waals surface area (Å²) >= 11 is 0. The number of ether oxygens (including phenoxy) is 2.